The van der Waals surface area contributed by atoms with Crippen LogP contribution in [0.5, 0.6) is 0 Å². The second-order valence-corrected chi connectivity index (χ2v) is 4.38. The van der Waals surface area contributed by atoms with Crippen LogP contribution in [-0.4, -0.2) is 29.0 Å². The summed E-state index contributed by atoms with van der Waals surface area (Å²) in [6.07, 6.45) is 2.24. The third-order valence-electron chi connectivity index (χ3n) is 2.33. The molecule has 0 atom stereocenters. The zero-order valence-corrected chi connectivity index (χ0v) is 11.0. The molecule has 1 amide bonds. The Morgan fingerprint density at radius 2 is 2.38 bits per heavy atom. The molecule has 1 rings (SSSR count). The van der Waals surface area contributed by atoms with Crippen molar-refractivity contribution in [1.82, 2.24) is 9.47 Å². The molecule has 0 radical (unpaired) electrons. The van der Waals surface area contributed by atoms with Gasteiger partial charge in [0, 0.05) is 30.8 Å². The van der Waals surface area contributed by atoms with E-state index in [1.807, 2.05) is 23.8 Å². The molecule has 0 fully saturated rings. The average Bonchev–Trinajstić information content (AvgIpc) is 2.66. The van der Waals surface area contributed by atoms with Crippen LogP contribution in [0.2, 0.25) is 0 Å². The molecule has 1 aromatic heterocycles. The van der Waals surface area contributed by atoms with E-state index in [1.54, 1.807) is 18.0 Å². The maximum absolute atomic E-state index is 12.0. The molecule has 0 saturated heterocycles. The average molecular weight is 284 g/mol. The van der Waals surface area contributed by atoms with E-state index >= 15 is 0 Å². The van der Waals surface area contributed by atoms with Gasteiger partial charge in [-0.2, -0.15) is 5.26 Å². The van der Waals surface area contributed by atoms with E-state index in [-0.39, 0.29) is 5.91 Å². The number of carbonyl (C=O) groups is 1. The number of carbonyl (C=O) groups excluding carboxylic acids is 1. The molecular weight excluding hydrogens is 270 g/mol. The Hall–Kier alpha value is -1.28. The minimum absolute atomic E-state index is 0.0530. The lowest BCUT2D eigenvalue weighted by Crippen LogP contribution is -2.29. The SMILES string of the molecule is CCn1cc(Br)cc1C(=O)N(C)CCC#N. The molecule has 0 spiro atoms. The lowest BCUT2D eigenvalue weighted by molar-refractivity contribution is 0.0787. The summed E-state index contributed by atoms with van der Waals surface area (Å²) in [6.45, 7) is 3.19. The Labute approximate surface area is 104 Å². The molecule has 1 aromatic rings. The molecule has 0 aliphatic carbocycles. The summed E-state index contributed by atoms with van der Waals surface area (Å²) >= 11 is 3.35. The summed E-state index contributed by atoms with van der Waals surface area (Å²) in [5.41, 5.74) is 0.648. The summed E-state index contributed by atoms with van der Waals surface area (Å²) in [6, 6.07) is 3.83. The highest BCUT2D eigenvalue weighted by Gasteiger charge is 2.16. The fraction of sp³-hybridized carbons (Fsp3) is 0.455. The van der Waals surface area contributed by atoms with Crippen LogP contribution in [0.1, 0.15) is 23.8 Å². The maximum atomic E-state index is 12.0. The van der Waals surface area contributed by atoms with Gasteiger partial charge in [-0.05, 0) is 28.9 Å². The quantitative estimate of drug-likeness (QED) is 0.851. The lowest BCUT2D eigenvalue weighted by atomic mass is 10.3. The largest absolute Gasteiger partial charge is 0.343 e. The standard InChI is InChI=1S/C11H14BrN3O/c1-3-15-8-9(12)7-10(15)11(16)14(2)6-4-5-13/h7-8H,3-4,6H2,1-2H3. The van der Waals surface area contributed by atoms with E-state index in [2.05, 4.69) is 15.9 Å². The van der Waals surface area contributed by atoms with Gasteiger partial charge < -0.3 is 9.47 Å². The van der Waals surface area contributed by atoms with Gasteiger partial charge in [0.2, 0.25) is 0 Å². The molecule has 1 heterocycles. The topological polar surface area (TPSA) is 49.0 Å². The van der Waals surface area contributed by atoms with Crippen LogP contribution < -0.4 is 0 Å². The smallest absolute Gasteiger partial charge is 0.270 e. The molecule has 0 aliphatic heterocycles. The van der Waals surface area contributed by atoms with Crippen LogP contribution in [0.25, 0.3) is 0 Å². The molecule has 0 unspecified atom stereocenters. The van der Waals surface area contributed by atoms with Crippen molar-refractivity contribution >= 4 is 21.8 Å². The van der Waals surface area contributed by atoms with Gasteiger partial charge in [-0.15, -0.1) is 0 Å². The number of aryl methyl sites for hydroxylation is 1. The monoisotopic (exact) mass is 283 g/mol. The predicted octanol–water partition coefficient (Wildman–Crippen LogP) is 2.26. The minimum atomic E-state index is -0.0530. The zero-order valence-electron chi connectivity index (χ0n) is 9.40. The van der Waals surface area contributed by atoms with Gasteiger partial charge in [0.25, 0.3) is 5.91 Å². The third-order valence-corrected chi connectivity index (χ3v) is 2.76. The van der Waals surface area contributed by atoms with E-state index in [0.29, 0.717) is 18.7 Å². The highest BCUT2D eigenvalue weighted by Crippen LogP contribution is 2.16. The van der Waals surface area contributed by atoms with E-state index in [9.17, 15) is 4.79 Å². The summed E-state index contributed by atoms with van der Waals surface area (Å²) in [7, 11) is 1.71. The minimum Gasteiger partial charge on any atom is -0.343 e. The number of halogens is 1. The van der Waals surface area contributed by atoms with Gasteiger partial charge in [-0.1, -0.05) is 0 Å². The van der Waals surface area contributed by atoms with Gasteiger partial charge in [0.15, 0.2) is 0 Å². The van der Waals surface area contributed by atoms with Crippen molar-refractivity contribution in [1.29, 1.82) is 5.26 Å². The fourth-order valence-corrected chi connectivity index (χ4v) is 1.89. The Morgan fingerprint density at radius 1 is 1.69 bits per heavy atom. The van der Waals surface area contributed by atoms with Crippen LogP contribution >= 0.6 is 15.9 Å². The molecule has 4 nitrogen and oxygen atoms in total. The molecule has 5 heteroatoms. The van der Waals surface area contributed by atoms with Crippen LogP contribution in [0.4, 0.5) is 0 Å². The Morgan fingerprint density at radius 3 is 2.94 bits per heavy atom. The van der Waals surface area contributed by atoms with Gasteiger partial charge in [-0.25, -0.2) is 0 Å². The molecule has 16 heavy (non-hydrogen) atoms. The number of nitrogens with zero attached hydrogens (tertiary/aromatic N) is 3. The molecule has 0 N–H and O–H groups in total. The van der Waals surface area contributed by atoms with Crippen LogP contribution in [0.15, 0.2) is 16.7 Å². The number of hydrogen-bond acceptors (Lipinski definition) is 2. The second-order valence-electron chi connectivity index (χ2n) is 3.46. The van der Waals surface area contributed by atoms with Gasteiger partial charge in [0.05, 0.1) is 12.5 Å². The third kappa shape index (κ3) is 2.86. The van der Waals surface area contributed by atoms with Crippen molar-refractivity contribution < 1.29 is 4.79 Å². The number of aromatic nitrogens is 1. The Balaban J connectivity index is 2.83. The fourth-order valence-electron chi connectivity index (χ4n) is 1.43. The van der Waals surface area contributed by atoms with Crippen molar-refractivity contribution in [2.75, 3.05) is 13.6 Å². The normalized spacial score (nSPS) is 9.88. The Bertz CT molecular complexity index is 419. The first kappa shape index (κ1) is 12.8. The molecule has 0 aliphatic rings. The van der Waals surface area contributed by atoms with E-state index in [0.717, 1.165) is 11.0 Å². The van der Waals surface area contributed by atoms with Crippen molar-refractivity contribution in [2.24, 2.45) is 0 Å². The summed E-state index contributed by atoms with van der Waals surface area (Å²) in [5, 5.41) is 8.47. The number of rotatable bonds is 4. The van der Waals surface area contributed by atoms with Gasteiger partial charge >= 0.3 is 0 Å². The summed E-state index contributed by atoms with van der Waals surface area (Å²) < 4.78 is 2.78. The van der Waals surface area contributed by atoms with Gasteiger partial charge in [0.1, 0.15) is 5.69 Å². The number of nitriles is 1. The van der Waals surface area contributed by atoms with Crippen molar-refractivity contribution in [3.63, 3.8) is 0 Å². The summed E-state index contributed by atoms with van der Waals surface area (Å²) in [4.78, 5) is 13.6. The van der Waals surface area contributed by atoms with Crippen molar-refractivity contribution in [3.8, 4) is 6.07 Å². The highest BCUT2D eigenvalue weighted by molar-refractivity contribution is 9.10. The second kappa shape index (κ2) is 5.71. The van der Waals surface area contributed by atoms with Crippen LogP contribution in [0, 0.1) is 11.3 Å². The van der Waals surface area contributed by atoms with E-state index in [1.165, 1.54) is 0 Å². The first-order valence-electron chi connectivity index (χ1n) is 5.08. The zero-order chi connectivity index (χ0) is 12.1. The maximum Gasteiger partial charge on any atom is 0.270 e. The molecule has 86 valence electrons. The number of hydrogen-bond donors (Lipinski definition) is 0. The number of amides is 1. The first-order chi connectivity index (χ1) is 7.60. The van der Waals surface area contributed by atoms with Gasteiger partial charge in [-0.3, -0.25) is 4.79 Å². The van der Waals surface area contributed by atoms with Crippen molar-refractivity contribution in [3.05, 3.63) is 22.4 Å². The molecular formula is C11H14BrN3O. The predicted molar refractivity (Wildman–Crippen MR) is 65.0 cm³/mol. The molecule has 0 saturated carbocycles. The van der Waals surface area contributed by atoms with Crippen molar-refractivity contribution in [2.45, 2.75) is 19.9 Å². The molecule has 0 bridgehead atoms. The van der Waals surface area contributed by atoms with Crippen LogP contribution in [0.3, 0.4) is 0 Å². The Kier molecular flexibility index (Phi) is 4.56. The first-order valence-corrected chi connectivity index (χ1v) is 5.87. The van der Waals surface area contributed by atoms with E-state index < -0.39 is 0 Å². The van der Waals surface area contributed by atoms with Crippen LogP contribution in [-0.2, 0) is 6.54 Å². The molecule has 0 aromatic carbocycles. The van der Waals surface area contributed by atoms with E-state index in [4.69, 9.17) is 5.26 Å². The summed E-state index contributed by atoms with van der Waals surface area (Å²) in [5.74, 6) is -0.0530. The highest BCUT2D eigenvalue weighted by atomic mass is 79.9. The lowest BCUT2D eigenvalue weighted by Gasteiger charge is -2.16.